The van der Waals surface area contributed by atoms with Crippen LogP contribution in [0.1, 0.15) is 32.0 Å². The molecular weight excluding hydrogens is 306 g/mol. The van der Waals surface area contributed by atoms with Crippen LogP contribution in [0.15, 0.2) is 29.1 Å². The second-order valence-corrected chi connectivity index (χ2v) is 6.07. The lowest BCUT2D eigenvalue weighted by Crippen LogP contribution is -2.44. The monoisotopic (exact) mass is 329 g/mol. The lowest BCUT2D eigenvalue weighted by Gasteiger charge is -2.29. The quantitative estimate of drug-likeness (QED) is 0.728. The summed E-state index contributed by atoms with van der Waals surface area (Å²) in [7, 11) is 0. The lowest BCUT2D eigenvalue weighted by molar-refractivity contribution is -0.134. The highest BCUT2D eigenvalue weighted by atomic mass is 16.5. The van der Waals surface area contributed by atoms with Crippen molar-refractivity contribution in [1.29, 1.82) is 0 Å². The molecule has 0 radical (unpaired) electrons. The van der Waals surface area contributed by atoms with Crippen molar-refractivity contribution in [2.75, 3.05) is 19.8 Å². The minimum absolute atomic E-state index is 0.0322. The summed E-state index contributed by atoms with van der Waals surface area (Å²) in [4.78, 5) is 31.2. The van der Waals surface area contributed by atoms with Gasteiger partial charge in [-0.15, -0.1) is 0 Å². The maximum atomic E-state index is 12.5. The van der Waals surface area contributed by atoms with E-state index in [4.69, 9.17) is 4.74 Å². The summed E-state index contributed by atoms with van der Waals surface area (Å²) in [5, 5.41) is 0.562. The van der Waals surface area contributed by atoms with Gasteiger partial charge < -0.3 is 9.64 Å². The third kappa shape index (κ3) is 3.48. The van der Waals surface area contributed by atoms with Crippen molar-refractivity contribution in [3.63, 3.8) is 0 Å². The molecule has 1 amide bonds. The molecule has 6 heteroatoms. The van der Waals surface area contributed by atoms with E-state index in [1.54, 1.807) is 11.0 Å². The number of carbonyl (C=O) groups is 1. The SMILES string of the molecule is CCCCOCCCN1Cc2nc3ccccc3c(=O)n2CC1=O. The number of benzene rings is 1. The van der Waals surface area contributed by atoms with Gasteiger partial charge in [-0.2, -0.15) is 0 Å². The zero-order valence-corrected chi connectivity index (χ0v) is 14.0. The summed E-state index contributed by atoms with van der Waals surface area (Å²) in [6.45, 7) is 4.65. The molecule has 3 rings (SSSR count). The van der Waals surface area contributed by atoms with Crippen LogP contribution in [0.25, 0.3) is 10.9 Å². The Balaban J connectivity index is 1.68. The highest BCUT2D eigenvalue weighted by molar-refractivity contribution is 5.80. The molecule has 0 saturated heterocycles. The molecule has 0 unspecified atom stereocenters. The molecule has 0 spiro atoms. The van der Waals surface area contributed by atoms with E-state index in [-0.39, 0.29) is 18.0 Å². The van der Waals surface area contributed by atoms with E-state index in [0.29, 0.717) is 36.4 Å². The van der Waals surface area contributed by atoms with Crippen molar-refractivity contribution in [3.8, 4) is 0 Å². The van der Waals surface area contributed by atoms with E-state index in [1.807, 2.05) is 18.2 Å². The average molecular weight is 329 g/mol. The fraction of sp³-hybridized carbons (Fsp3) is 0.500. The van der Waals surface area contributed by atoms with Crippen LogP contribution in [0.5, 0.6) is 0 Å². The Morgan fingerprint density at radius 1 is 1.12 bits per heavy atom. The van der Waals surface area contributed by atoms with Gasteiger partial charge in [0.25, 0.3) is 5.56 Å². The maximum absolute atomic E-state index is 12.5. The molecule has 1 aliphatic heterocycles. The van der Waals surface area contributed by atoms with Crippen molar-refractivity contribution >= 4 is 16.8 Å². The summed E-state index contributed by atoms with van der Waals surface area (Å²) in [5.74, 6) is 0.625. The van der Waals surface area contributed by atoms with E-state index in [9.17, 15) is 9.59 Å². The standard InChI is InChI=1S/C18H23N3O3/c1-2-3-10-24-11-6-9-20-12-16-19-15-8-5-4-7-14(15)18(23)21(16)13-17(20)22/h4-5,7-8H,2-3,6,9-13H2,1H3. The molecule has 1 aliphatic rings. The molecule has 1 aromatic carbocycles. The first-order valence-electron chi connectivity index (χ1n) is 8.54. The number of nitrogens with zero attached hydrogens (tertiary/aromatic N) is 3. The van der Waals surface area contributed by atoms with Crippen LogP contribution in [0.2, 0.25) is 0 Å². The third-order valence-electron chi connectivity index (χ3n) is 4.28. The van der Waals surface area contributed by atoms with Gasteiger partial charge in [0.1, 0.15) is 12.4 Å². The van der Waals surface area contributed by atoms with Crippen LogP contribution in [-0.4, -0.2) is 40.1 Å². The summed E-state index contributed by atoms with van der Waals surface area (Å²) in [6.07, 6.45) is 2.99. The van der Waals surface area contributed by atoms with Gasteiger partial charge in [0.05, 0.1) is 17.4 Å². The number of unbranched alkanes of at least 4 members (excludes halogenated alkanes) is 1. The Labute approximate surface area is 141 Å². The first-order chi connectivity index (χ1) is 11.7. The number of carbonyl (C=O) groups excluding carboxylic acids is 1. The highest BCUT2D eigenvalue weighted by Crippen LogP contribution is 2.14. The number of aromatic nitrogens is 2. The van der Waals surface area contributed by atoms with Crippen LogP contribution >= 0.6 is 0 Å². The molecule has 24 heavy (non-hydrogen) atoms. The van der Waals surface area contributed by atoms with E-state index in [2.05, 4.69) is 11.9 Å². The number of rotatable bonds is 7. The highest BCUT2D eigenvalue weighted by Gasteiger charge is 2.25. The number of hydrogen-bond donors (Lipinski definition) is 0. The molecule has 0 saturated carbocycles. The molecule has 1 aromatic heterocycles. The van der Waals surface area contributed by atoms with Crippen LogP contribution in [0.4, 0.5) is 0 Å². The van der Waals surface area contributed by atoms with Crippen LogP contribution < -0.4 is 5.56 Å². The Bertz CT molecular complexity index is 785. The Morgan fingerprint density at radius 2 is 1.92 bits per heavy atom. The fourth-order valence-electron chi connectivity index (χ4n) is 2.90. The first kappa shape index (κ1) is 16.6. The molecule has 6 nitrogen and oxygen atoms in total. The van der Waals surface area contributed by atoms with Crippen LogP contribution in [-0.2, 0) is 22.6 Å². The van der Waals surface area contributed by atoms with Gasteiger partial charge in [0.2, 0.25) is 5.91 Å². The Kier molecular flexibility index (Phi) is 5.25. The Hall–Kier alpha value is -2.21. The first-order valence-corrected chi connectivity index (χ1v) is 8.54. The second kappa shape index (κ2) is 7.57. The number of hydrogen-bond acceptors (Lipinski definition) is 4. The van der Waals surface area contributed by atoms with Gasteiger partial charge in [0.15, 0.2) is 0 Å². The molecule has 0 N–H and O–H groups in total. The van der Waals surface area contributed by atoms with Crippen LogP contribution in [0, 0.1) is 0 Å². The molecule has 0 fully saturated rings. The van der Waals surface area contributed by atoms with Crippen molar-refractivity contribution < 1.29 is 9.53 Å². The van der Waals surface area contributed by atoms with E-state index >= 15 is 0 Å². The molecule has 2 heterocycles. The minimum atomic E-state index is -0.133. The molecule has 2 aromatic rings. The molecule has 128 valence electrons. The molecular formula is C18H23N3O3. The molecule has 0 bridgehead atoms. The number of amides is 1. The molecule has 0 aliphatic carbocycles. The second-order valence-electron chi connectivity index (χ2n) is 6.07. The van der Waals surface area contributed by atoms with Crippen LogP contribution in [0.3, 0.4) is 0 Å². The lowest BCUT2D eigenvalue weighted by atomic mass is 10.2. The predicted molar refractivity (Wildman–Crippen MR) is 91.8 cm³/mol. The third-order valence-corrected chi connectivity index (χ3v) is 4.28. The van der Waals surface area contributed by atoms with Gasteiger partial charge in [-0.1, -0.05) is 25.5 Å². The number of ether oxygens (including phenoxy) is 1. The summed E-state index contributed by atoms with van der Waals surface area (Å²) < 4.78 is 7.04. The van der Waals surface area contributed by atoms with E-state index in [0.717, 1.165) is 25.9 Å². The topological polar surface area (TPSA) is 64.4 Å². The van der Waals surface area contributed by atoms with Crippen molar-refractivity contribution in [3.05, 3.63) is 40.4 Å². The normalized spacial score (nSPS) is 14.2. The van der Waals surface area contributed by atoms with Crippen molar-refractivity contribution in [2.45, 2.75) is 39.3 Å². The molecule has 0 atom stereocenters. The van der Waals surface area contributed by atoms with Gasteiger partial charge in [-0.25, -0.2) is 4.98 Å². The van der Waals surface area contributed by atoms with Gasteiger partial charge in [0, 0.05) is 19.8 Å². The fourth-order valence-corrected chi connectivity index (χ4v) is 2.90. The zero-order chi connectivity index (χ0) is 16.9. The smallest absolute Gasteiger partial charge is 0.261 e. The zero-order valence-electron chi connectivity index (χ0n) is 14.0. The van der Waals surface area contributed by atoms with E-state index < -0.39 is 0 Å². The average Bonchev–Trinajstić information content (AvgIpc) is 2.59. The maximum Gasteiger partial charge on any atom is 0.261 e. The van der Waals surface area contributed by atoms with Crippen molar-refractivity contribution in [1.82, 2.24) is 14.5 Å². The Morgan fingerprint density at radius 3 is 2.75 bits per heavy atom. The largest absolute Gasteiger partial charge is 0.381 e. The van der Waals surface area contributed by atoms with E-state index in [1.165, 1.54) is 4.57 Å². The summed E-state index contributed by atoms with van der Waals surface area (Å²) in [6, 6.07) is 7.27. The van der Waals surface area contributed by atoms with Gasteiger partial charge >= 0.3 is 0 Å². The number of fused-ring (bicyclic) bond motifs is 2. The summed E-state index contributed by atoms with van der Waals surface area (Å²) >= 11 is 0. The predicted octanol–water partition coefficient (Wildman–Crippen LogP) is 1.95. The van der Waals surface area contributed by atoms with Crippen molar-refractivity contribution in [2.24, 2.45) is 0 Å². The number of para-hydroxylation sites is 1. The van der Waals surface area contributed by atoms with Gasteiger partial charge in [-0.05, 0) is 25.0 Å². The van der Waals surface area contributed by atoms with Gasteiger partial charge in [-0.3, -0.25) is 14.2 Å². The minimum Gasteiger partial charge on any atom is -0.381 e. The summed E-state index contributed by atoms with van der Waals surface area (Å²) in [5.41, 5.74) is 0.553.